The molecule has 0 nitrogen and oxygen atoms in total. The van der Waals surface area contributed by atoms with Gasteiger partial charge in [0.2, 0.25) is 0 Å². The summed E-state index contributed by atoms with van der Waals surface area (Å²) in [5.41, 5.74) is 0. The third-order valence-corrected chi connectivity index (χ3v) is 4.09. The Kier molecular flexibility index (Phi) is 2.53. The highest BCUT2D eigenvalue weighted by atomic mass is 32.2. The van der Waals surface area contributed by atoms with Gasteiger partial charge in [0, 0.05) is 15.2 Å². The average Bonchev–Trinajstić information content (AvgIpc) is 2.48. The molecule has 0 fully saturated rings. The van der Waals surface area contributed by atoms with E-state index in [4.69, 9.17) is 0 Å². The van der Waals surface area contributed by atoms with Crippen molar-refractivity contribution in [1.29, 1.82) is 0 Å². The molecule has 0 radical (unpaired) electrons. The molecule has 1 aromatic heterocycles. The second-order valence-electron chi connectivity index (χ2n) is 2.58. The minimum Gasteiger partial charge on any atom is -0.195 e. The van der Waals surface area contributed by atoms with Crippen molar-refractivity contribution < 1.29 is 4.39 Å². The van der Waals surface area contributed by atoms with E-state index in [-0.39, 0.29) is 5.13 Å². The Balaban J connectivity index is 2.83. The van der Waals surface area contributed by atoms with E-state index in [1.165, 1.54) is 0 Å². The standard InChI is InChI=1S/C9H7FS3/c1-12-7-3-2-6(11)9-5(7)4-8(10)13-9/h2-4,11H,1H3. The third-order valence-electron chi connectivity index (χ3n) is 1.81. The van der Waals surface area contributed by atoms with Gasteiger partial charge in [-0.2, -0.15) is 4.39 Å². The van der Waals surface area contributed by atoms with Crippen molar-refractivity contribution in [3.8, 4) is 0 Å². The monoisotopic (exact) mass is 230 g/mol. The van der Waals surface area contributed by atoms with Crippen LogP contribution in [0, 0.1) is 5.13 Å². The molecule has 1 aromatic carbocycles. The van der Waals surface area contributed by atoms with Crippen LogP contribution in [-0.2, 0) is 0 Å². The highest BCUT2D eigenvalue weighted by molar-refractivity contribution is 7.98. The number of benzene rings is 1. The summed E-state index contributed by atoms with van der Waals surface area (Å²) >= 11 is 7.06. The van der Waals surface area contributed by atoms with E-state index in [0.29, 0.717) is 0 Å². The molecular weight excluding hydrogens is 223 g/mol. The Morgan fingerprint density at radius 2 is 2.23 bits per heavy atom. The smallest absolute Gasteiger partial charge is 0.177 e. The zero-order valence-electron chi connectivity index (χ0n) is 6.87. The van der Waals surface area contributed by atoms with E-state index in [1.807, 2.05) is 18.4 Å². The number of rotatable bonds is 1. The Bertz CT molecular complexity index is 447. The molecule has 0 N–H and O–H groups in total. The number of thiol groups is 1. The molecule has 68 valence electrons. The number of halogens is 1. The van der Waals surface area contributed by atoms with Crippen molar-refractivity contribution in [2.24, 2.45) is 0 Å². The number of fused-ring (bicyclic) bond motifs is 1. The largest absolute Gasteiger partial charge is 0.195 e. The summed E-state index contributed by atoms with van der Waals surface area (Å²) in [6, 6.07) is 5.46. The van der Waals surface area contributed by atoms with E-state index in [0.717, 1.165) is 31.2 Å². The molecule has 0 amide bonds. The van der Waals surface area contributed by atoms with Crippen molar-refractivity contribution in [2.75, 3.05) is 6.26 Å². The van der Waals surface area contributed by atoms with E-state index in [1.54, 1.807) is 17.8 Å². The lowest BCUT2D eigenvalue weighted by Crippen LogP contribution is -1.72. The second-order valence-corrected chi connectivity index (χ2v) is 4.91. The predicted molar refractivity (Wildman–Crippen MR) is 60.8 cm³/mol. The second kappa shape index (κ2) is 3.52. The predicted octanol–water partition coefficient (Wildman–Crippen LogP) is 4.05. The molecule has 1 heterocycles. The summed E-state index contributed by atoms with van der Waals surface area (Å²) in [5.74, 6) is 0. The molecule has 0 saturated heterocycles. The summed E-state index contributed by atoms with van der Waals surface area (Å²) in [5, 5.41) is 0.828. The van der Waals surface area contributed by atoms with Crippen LogP contribution in [0.25, 0.3) is 10.1 Å². The first-order valence-electron chi connectivity index (χ1n) is 3.67. The average molecular weight is 230 g/mol. The molecule has 0 aliphatic carbocycles. The summed E-state index contributed by atoms with van der Waals surface area (Å²) in [7, 11) is 0. The Labute approximate surface area is 89.6 Å². The first-order valence-corrected chi connectivity index (χ1v) is 6.16. The van der Waals surface area contributed by atoms with Crippen LogP contribution in [0.2, 0.25) is 0 Å². The van der Waals surface area contributed by atoms with Crippen molar-refractivity contribution in [2.45, 2.75) is 9.79 Å². The normalized spacial score (nSPS) is 11.0. The zero-order chi connectivity index (χ0) is 9.42. The topological polar surface area (TPSA) is 0 Å². The molecule has 0 atom stereocenters. The quantitative estimate of drug-likeness (QED) is 0.569. The zero-order valence-corrected chi connectivity index (χ0v) is 9.40. The molecule has 4 heteroatoms. The Hall–Kier alpha value is -0.190. The minimum absolute atomic E-state index is 0.146. The van der Waals surface area contributed by atoms with Crippen LogP contribution in [0.3, 0.4) is 0 Å². The summed E-state index contributed by atoms with van der Waals surface area (Å²) in [6.07, 6.45) is 1.99. The summed E-state index contributed by atoms with van der Waals surface area (Å²) in [4.78, 5) is 1.95. The van der Waals surface area contributed by atoms with Crippen molar-refractivity contribution >= 4 is 45.8 Å². The van der Waals surface area contributed by atoms with E-state index >= 15 is 0 Å². The number of hydrogen-bond acceptors (Lipinski definition) is 3. The molecule has 0 saturated carbocycles. The summed E-state index contributed by atoms with van der Waals surface area (Å²) in [6.45, 7) is 0. The van der Waals surface area contributed by atoms with Gasteiger partial charge >= 0.3 is 0 Å². The lowest BCUT2D eigenvalue weighted by molar-refractivity contribution is 0.658. The molecular formula is C9H7FS3. The van der Waals surface area contributed by atoms with Gasteiger partial charge in [-0.3, -0.25) is 0 Å². The van der Waals surface area contributed by atoms with Gasteiger partial charge in [-0.05, 0) is 24.5 Å². The fourth-order valence-corrected chi connectivity index (χ4v) is 3.04. The third kappa shape index (κ3) is 1.58. The van der Waals surface area contributed by atoms with Gasteiger partial charge in [-0.1, -0.05) is 0 Å². The van der Waals surface area contributed by atoms with Crippen LogP contribution >= 0.6 is 35.7 Å². The van der Waals surface area contributed by atoms with Crippen LogP contribution in [0.15, 0.2) is 28.0 Å². The Morgan fingerprint density at radius 3 is 2.92 bits per heavy atom. The Morgan fingerprint density at radius 1 is 1.46 bits per heavy atom. The van der Waals surface area contributed by atoms with Crippen LogP contribution in [0.5, 0.6) is 0 Å². The molecule has 2 aromatic rings. The SMILES string of the molecule is CSc1ccc(S)c2sc(F)cc12. The maximum absolute atomic E-state index is 13.0. The maximum atomic E-state index is 13.0. The molecule has 0 spiro atoms. The minimum atomic E-state index is -0.146. The number of thioether (sulfide) groups is 1. The van der Waals surface area contributed by atoms with Gasteiger partial charge < -0.3 is 0 Å². The molecule has 13 heavy (non-hydrogen) atoms. The maximum Gasteiger partial charge on any atom is 0.177 e. The van der Waals surface area contributed by atoms with Crippen molar-refractivity contribution in [3.63, 3.8) is 0 Å². The fourth-order valence-electron chi connectivity index (χ4n) is 1.23. The number of thiophene rings is 1. The summed E-state index contributed by atoms with van der Waals surface area (Å²) < 4.78 is 13.9. The van der Waals surface area contributed by atoms with Gasteiger partial charge in [0.05, 0.1) is 4.70 Å². The van der Waals surface area contributed by atoms with Gasteiger partial charge in [-0.25, -0.2) is 0 Å². The van der Waals surface area contributed by atoms with Crippen molar-refractivity contribution in [1.82, 2.24) is 0 Å². The molecule has 0 bridgehead atoms. The molecule has 0 aliphatic heterocycles. The van der Waals surface area contributed by atoms with Gasteiger partial charge in [0.15, 0.2) is 5.13 Å². The van der Waals surface area contributed by atoms with E-state index in [9.17, 15) is 4.39 Å². The highest BCUT2D eigenvalue weighted by Gasteiger charge is 2.07. The molecule has 0 unspecified atom stereocenters. The number of hydrogen-bond donors (Lipinski definition) is 1. The van der Waals surface area contributed by atoms with Gasteiger partial charge in [-0.15, -0.1) is 35.7 Å². The van der Waals surface area contributed by atoms with Crippen molar-refractivity contribution in [3.05, 3.63) is 23.3 Å². The van der Waals surface area contributed by atoms with Crippen LogP contribution in [0.4, 0.5) is 4.39 Å². The van der Waals surface area contributed by atoms with E-state index < -0.39 is 0 Å². The van der Waals surface area contributed by atoms with Gasteiger partial charge in [0.25, 0.3) is 0 Å². The van der Waals surface area contributed by atoms with Crippen LogP contribution in [0.1, 0.15) is 0 Å². The molecule has 2 rings (SSSR count). The van der Waals surface area contributed by atoms with E-state index in [2.05, 4.69) is 12.6 Å². The highest BCUT2D eigenvalue weighted by Crippen LogP contribution is 2.35. The lowest BCUT2D eigenvalue weighted by atomic mass is 10.3. The van der Waals surface area contributed by atoms with Crippen LogP contribution in [-0.4, -0.2) is 6.26 Å². The fraction of sp³-hybridized carbons (Fsp3) is 0.111. The van der Waals surface area contributed by atoms with Gasteiger partial charge in [0.1, 0.15) is 0 Å². The molecule has 0 aliphatic rings. The van der Waals surface area contributed by atoms with Crippen LogP contribution < -0.4 is 0 Å². The first kappa shape index (κ1) is 9.37. The first-order chi connectivity index (χ1) is 6.22. The lowest BCUT2D eigenvalue weighted by Gasteiger charge is -1.99.